The molecule has 0 amide bonds. The summed E-state index contributed by atoms with van der Waals surface area (Å²) >= 11 is 0. The molecule has 1 heterocycles. The van der Waals surface area contributed by atoms with Crippen LogP contribution < -0.4 is 0 Å². The summed E-state index contributed by atoms with van der Waals surface area (Å²) in [6.45, 7) is 0. The molecule has 5 nitrogen and oxygen atoms in total. The van der Waals surface area contributed by atoms with Crippen LogP contribution in [0, 0.1) is 0 Å². The van der Waals surface area contributed by atoms with E-state index in [0.717, 1.165) is 0 Å². The molecule has 1 saturated carbocycles. The number of ketones is 1. The standard InChI is InChI=1S/C11H12N2O3/c14-8-1-3-11(4-2-8,10(15)16)9-7-12-5-6-13-9/h5-7H,1-4H2,(H,15,16). The minimum atomic E-state index is -1.03. The molecule has 1 aliphatic rings. The minimum absolute atomic E-state index is 0.126. The molecular formula is C11H12N2O3. The fourth-order valence-corrected chi connectivity index (χ4v) is 2.08. The summed E-state index contributed by atoms with van der Waals surface area (Å²) in [6, 6.07) is 0. The fourth-order valence-electron chi connectivity index (χ4n) is 2.08. The van der Waals surface area contributed by atoms with Gasteiger partial charge in [-0.1, -0.05) is 0 Å². The highest BCUT2D eigenvalue weighted by molar-refractivity contribution is 5.87. The van der Waals surface area contributed by atoms with Crippen molar-refractivity contribution in [3.8, 4) is 0 Å². The van der Waals surface area contributed by atoms with E-state index in [-0.39, 0.29) is 5.78 Å². The summed E-state index contributed by atoms with van der Waals surface area (Å²) < 4.78 is 0. The van der Waals surface area contributed by atoms with Gasteiger partial charge >= 0.3 is 5.97 Å². The summed E-state index contributed by atoms with van der Waals surface area (Å²) in [6.07, 6.45) is 5.72. The van der Waals surface area contributed by atoms with Crippen LogP contribution in [0.1, 0.15) is 31.4 Å². The molecule has 0 spiro atoms. The van der Waals surface area contributed by atoms with Crippen LogP contribution in [0.5, 0.6) is 0 Å². The third kappa shape index (κ3) is 1.68. The first-order valence-electron chi connectivity index (χ1n) is 5.17. The Kier molecular flexibility index (Phi) is 2.68. The molecular weight excluding hydrogens is 208 g/mol. The SMILES string of the molecule is O=C1CCC(C(=O)O)(c2cnccn2)CC1. The fraction of sp³-hybridized carbons (Fsp3) is 0.455. The molecule has 0 aliphatic heterocycles. The molecule has 84 valence electrons. The van der Waals surface area contributed by atoms with Crippen molar-refractivity contribution in [2.24, 2.45) is 0 Å². The Morgan fingerprint density at radius 1 is 1.31 bits per heavy atom. The number of aliphatic carboxylic acids is 1. The Morgan fingerprint density at radius 3 is 2.50 bits per heavy atom. The van der Waals surface area contributed by atoms with E-state index in [1.54, 1.807) is 0 Å². The van der Waals surface area contributed by atoms with Crippen molar-refractivity contribution in [3.05, 3.63) is 24.3 Å². The minimum Gasteiger partial charge on any atom is -0.481 e. The number of hydrogen-bond donors (Lipinski definition) is 1. The Morgan fingerprint density at radius 2 is 2.00 bits per heavy atom. The zero-order chi connectivity index (χ0) is 11.6. The van der Waals surface area contributed by atoms with Crippen molar-refractivity contribution in [2.45, 2.75) is 31.1 Å². The van der Waals surface area contributed by atoms with Crippen LogP contribution in [0.4, 0.5) is 0 Å². The predicted molar refractivity (Wildman–Crippen MR) is 54.8 cm³/mol. The Labute approximate surface area is 92.5 Å². The molecule has 1 aromatic rings. The van der Waals surface area contributed by atoms with E-state index in [0.29, 0.717) is 31.4 Å². The molecule has 0 radical (unpaired) electrons. The number of carboxylic acids is 1. The van der Waals surface area contributed by atoms with Gasteiger partial charge in [0, 0.05) is 31.4 Å². The number of carboxylic acid groups (broad SMARTS) is 1. The lowest BCUT2D eigenvalue weighted by Gasteiger charge is -2.31. The zero-order valence-electron chi connectivity index (χ0n) is 8.72. The lowest BCUT2D eigenvalue weighted by Crippen LogP contribution is -2.40. The molecule has 1 aromatic heterocycles. The largest absolute Gasteiger partial charge is 0.481 e. The van der Waals surface area contributed by atoms with Crippen LogP contribution in [0.15, 0.2) is 18.6 Å². The molecule has 0 aromatic carbocycles. The molecule has 0 bridgehead atoms. The van der Waals surface area contributed by atoms with Crippen molar-refractivity contribution in [2.75, 3.05) is 0 Å². The third-order valence-electron chi connectivity index (χ3n) is 3.12. The van der Waals surface area contributed by atoms with Gasteiger partial charge in [0.15, 0.2) is 0 Å². The third-order valence-corrected chi connectivity index (χ3v) is 3.12. The van der Waals surface area contributed by atoms with Crippen LogP contribution in [-0.2, 0) is 15.0 Å². The van der Waals surface area contributed by atoms with Crippen molar-refractivity contribution in [3.63, 3.8) is 0 Å². The second kappa shape index (κ2) is 4.00. The Bertz CT molecular complexity index is 406. The highest BCUT2D eigenvalue weighted by Gasteiger charge is 2.44. The van der Waals surface area contributed by atoms with Gasteiger partial charge in [-0.05, 0) is 12.8 Å². The van der Waals surface area contributed by atoms with Gasteiger partial charge < -0.3 is 5.11 Å². The average Bonchev–Trinajstić information content (AvgIpc) is 2.31. The molecule has 1 fully saturated rings. The first-order chi connectivity index (χ1) is 7.65. The molecule has 1 N–H and O–H groups in total. The predicted octanol–water partition coefficient (Wildman–Crippen LogP) is 0.942. The van der Waals surface area contributed by atoms with E-state index in [1.165, 1.54) is 18.6 Å². The van der Waals surface area contributed by atoms with Crippen LogP contribution in [0.3, 0.4) is 0 Å². The van der Waals surface area contributed by atoms with E-state index in [2.05, 4.69) is 9.97 Å². The van der Waals surface area contributed by atoms with Crippen molar-refractivity contribution in [1.82, 2.24) is 9.97 Å². The number of aromatic nitrogens is 2. The summed E-state index contributed by atoms with van der Waals surface area (Å²) in [5, 5.41) is 9.35. The maximum Gasteiger partial charge on any atom is 0.315 e. The number of carbonyl (C=O) groups is 2. The number of hydrogen-bond acceptors (Lipinski definition) is 4. The number of Topliss-reactive ketones (excluding diaryl/α,β-unsaturated/α-hetero) is 1. The highest BCUT2D eigenvalue weighted by Crippen LogP contribution is 2.37. The zero-order valence-corrected chi connectivity index (χ0v) is 8.72. The summed E-state index contributed by atoms with van der Waals surface area (Å²) in [7, 11) is 0. The summed E-state index contributed by atoms with van der Waals surface area (Å²) in [4.78, 5) is 30.5. The van der Waals surface area contributed by atoms with E-state index in [9.17, 15) is 14.7 Å². The number of nitrogens with zero attached hydrogens (tertiary/aromatic N) is 2. The molecule has 2 rings (SSSR count). The van der Waals surface area contributed by atoms with E-state index in [1.807, 2.05) is 0 Å². The number of rotatable bonds is 2. The topological polar surface area (TPSA) is 80.2 Å². The van der Waals surface area contributed by atoms with Gasteiger partial charge in [0.2, 0.25) is 0 Å². The smallest absolute Gasteiger partial charge is 0.315 e. The van der Waals surface area contributed by atoms with Crippen LogP contribution in [-0.4, -0.2) is 26.8 Å². The molecule has 0 atom stereocenters. The van der Waals surface area contributed by atoms with Gasteiger partial charge in [0.05, 0.1) is 5.69 Å². The van der Waals surface area contributed by atoms with Crippen molar-refractivity contribution >= 4 is 11.8 Å². The van der Waals surface area contributed by atoms with E-state index < -0.39 is 11.4 Å². The lowest BCUT2D eigenvalue weighted by molar-refractivity contribution is -0.146. The van der Waals surface area contributed by atoms with E-state index >= 15 is 0 Å². The van der Waals surface area contributed by atoms with Gasteiger partial charge in [-0.25, -0.2) is 0 Å². The molecule has 16 heavy (non-hydrogen) atoms. The second-order valence-electron chi connectivity index (χ2n) is 4.02. The maximum atomic E-state index is 11.4. The second-order valence-corrected chi connectivity index (χ2v) is 4.02. The van der Waals surface area contributed by atoms with Gasteiger partial charge in [-0.15, -0.1) is 0 Å². The summed E-state index contributed by atoms with van der Waals surface area (Å²) in [5.74, 6) is -0.790. The molecule has 5 heteroatoms. The van der Waals surface area contributed by atoms with Gasteiger partial charge in [-0.2, -0.15) is 0 Å². The monoisotopic (exact) mass is 220 g/mol. The lowest BCUT2D eigenvalue weighted by atomic mass is 9.71. The quantitative estimate of drug-likeness (QED) is 0.802. The maximum absolute atomic E-state index is 11.4. The highest BCUT2D eigenvalue weighted by atomic mass is 16.4. The molecule has 0 unspecified atom stereocenters. The normalized spacial score (nSPS) is 19.4. The average molecular weight is 220 g/mol. The Hall–Kier alpha value is -1.78. The first-order valence-corrected chi connectivity index (χ1v) is 5.17. The first kappa shape index (κ1) is 10.7. The van der Waals surface area contributed by atoms with Gasteiger partial charge in [0.25, 0.3) is 0 Å². The molecule has 0 saturated heterocycles. The van der Waals surface area contributed by atoms with Crippen LogP contribution in [0.25, 0.3) is 0 Å². The number of carbonyl (C=O) groups excluding carboxylic acids is 1. The Balaban J connectivity index is 2.37. The van der Waals surface area contributed by atoms with Crippen LogP contribution >= 0.6 is 0 Å². The van der Waals surface area contributed by atoms with Crippen molar-refractivity contribution < 1.29 is 14.7 Å². The van der Waals surface area contributed by atoms with Gasteiger partial charge in [0.1, 0.15) is 11.2 Å². The van der Waals surface area contributed by atoms with Gasteiger partial charge in [-0.3, -0.25) is 19.6 Å². The molecule has 1 aliphatic carbocycles. The van der Waals surface area contributed by atoms with E-state index in [4.69, 9.17) is 0 Å². The van der Waals surface area contributed by atoms with Crippen molar-refractivity contribution in [1.29, 1.82) is 0 Å². The summed E-state index contributed by atoms with van der Waals surface area (Å²) in [5.41, 5.74) is -0.572. The van der Waals surface area contributed by atoms with Crippen LogP contribution in [0.2, 0.25) is 0 Å².